The zero-order valence-electron chi connectivity index (χ0n) is 11.9. The average molecular weight is 271 g/mol. The van der Waals surface area contributed by atoms with Gasteiger partial charge in [-0.25, -0.2) is 0 Å². The molecule has 2 heterocycles. The first-order chi connectivity index (χ1) is 9.02. The van der Waals surface area contributed by atoms with Gasteiger partial charge in [0.15, 0.2) is 0 Å². The Labute approximate surface area is 114 Å². The number of nitrogens with zero attached hydrogens (tertiary/aromatic N) is 1. The molecule has 2 rings (SSSR count). The Morgan fingerprint density at radius 3 is 2.95 bits per heavy atom. The van der Waals surface area contributed by atoms with Crippen molar-refractivity contribution in [2.24, 2.45) is 0 Å². The molecule has 2 fully saturated rings. The van der Waals surface area contributed by atoms with E-state index >= 15 is 0 Å². The first-order valence-corrected chi connectivity index (χ1v) is 7.24. The van der Waals surface area contributed by atoms with Gasteiger partial charge in [0.2, 0.25) is 0 Å². The van der Waals surface area contributed by atoms with Crippen molar-refractivity contribution in [3.8, 4) is 0 Å². The molecule has 19 heavy (non-hydrogen) atoms. The van der Waals surface area contributed by atoms with Crippen LogP contribution in [0.1, 0.15) is 39.5 Å². The van der Waals surface area contributed by atoms with Crippen molar-refractivity contribution in [3.05, 3.63) is 0 Å². The Bertz CT molecular complexity index is 323. The van der Waals surface area contributed by atoms with E-state index in [0.29, 0.717) is 12.6 Å². The highest BCUT2D eigenvalue weighted by Crippen LogP contribution is 2.31. The summed E-state index contributed by atoms with van der Waals surface area (Å²) in [4.78, 5) is 13.2. The zero-order valence-corrected chi connectivity index (χ0v) is 11.9. The van der Waals surface area contributed by atoms with Gasteiger partial charge in [-0.3, -0.25) is 9.69 Å². The highest BCUT2D eigenvalue weighted by molar-refractivity contribution is 5.67. The molecule has 5 nitrogen and oxygen atoms in total. The Morgan fingerprint density at radius 2 is 2.26 bits per heavy atom. The Morgan fingerprint density at radius 1 is 1.47 bits per heavy atom. The molecule has 0 radical (unpaired) electrons. The fourth-order valence-electron chi connectivity index (χ4n) is 3.05. The number of rotatable bonds is 4. The molecule has 110 valence electrons. The van der Waals surface area contributed by atoms with Gasteiger partial charge in [0.05, 0.1) is 24.7 Å². The molecule has 1 N–H and O–H groups in total. The molecule has 0 spiro atoms. The molecule has 2 aliphatic heterocycles. The second-order valence-corrected chi connectivity index (χ2v) is 5.88. The first kappa shape index (κ1) is 14.8. The Kier molecular flexibility index (Phi) is 4.81. The van der Waals surface area contributed by atoms with Crippen LogP contribution in [-0.4, -0.2) is 60.0 Å². The van der Waals surface area contributed by atoms with E-state index in [1.165, 1.54) is 0 Å². The lowest BCUT2D eigenvalue weighted by Gasteiger charge is -2.45. The number of ether oxygens (including phenoxy) is 2. The molecule has 3 unspecified atom stereocenters. The smallest absolute Gasteiger partial charge is 0.306 e. The van der Waals surface area contributed by atoms with Gasteiger partial charge in [-0.1, -0.05) is 6.92 Å². The van der Waals surface area contributed by atoms with Gasteiger partial charge < -0.3 is 14.6 Å². The van der Waals surface area contributed by atoms with Gasteiger partial charge >= 0.3 is 5.97 Å². The van der Waals surface area contributed by atoms with Crippen molar-refractivity contribution in [1.29, 1.82) is 0 Å². The van der Waals surface area contributed by atoms with Crippen LogP contribution in [0.5, 0.6) is 0 Å². The second-order valence-electron chi connectivity index (χ2n) is 5.88. The average Bonchev–Trinajstić information content (AvgIpc) is 2.38. The van der Waals surface area contributed by atoms with Crippen molar-refractivity contribution in [1.82, 2.24) is 4.90 Å². The Balaban J connectivity index is 1.91. The fraction of sp³-hybridized carbons (Fsp3) is 0.929. The molecule has 0 aromatic heterocycles. The lowest BCUT2D eigenvalue weighted by molar-refractivity contribution is -0.145. The topological polar surface area (TPSA) is 59.0 Å². The van der Waals surface area contributed by atoms with Crippen LogP contribution in [0.3, 0.4) is 0 Å². The van der Waals surface area contributed by atoms with Crippen molar-refractivity contribution in [3.63, 3.8) is 0 Å². The molecule has 0 aliphatic carbocycles. The third kappa shape index (κ3) is 3.91. The molecule has 0 bridgehead atoms. The molecular weight excluding hydrogens is 246 g/mol. The number of hydrogen-bond donors (Lipinski definition) is 1. The molecule has 0 saturated carbocycles. The maximum Gasteiger partial charge on any atom is 0.306 e. The first-order valence-electron chi connectivity index (χ1n) is 7.24. The normalized spacial score (nSPS) is 37.2. The Hall–Kier alpha value is -0.650. The lowest BCUT2D eigenvalue weighted by atomic mass is 9.88. The molecule has 0 aromatic carbocycles. The zero-order chi connectivity index (χ0) is 13.9. The molecule has 0 aromatic rings. The van der Waals surface area contributed by atoms with E-state index in [1.807, 2.05) is 0 Å². The number of hydrogen-bond acceptors (Lipinski definition) is 4. The number of carbonyl (C=O) groups is 1. The van der Waals surface area contributed by atoms with Gasteiger partial charge in [-0.05, 0) is 26.2 Å². The summed E-state index contributed by atoms with van der Waals surface area (Å²) >= 11 is 0. The predicted octanol–water partition coefficient (Wildman–Crippen LogP) is 1.51. The molecule has 3 atom stereocenters. The summed E-state index contributed by atoms with van der Waals surface area (Å²) in [5, 5.41) is 8.86. The molecule has 0 amide bonds. The van der Waals surface area contributed by atoms with E-state index in [-0.39, 0.29) is 18.1 Å². The van der Waals surface area contributed by atoms with E-state index in [0.717, 1.165) is 39.0 Å². The van der Waals surface area contributed by atoms with E-state index in [2.05, 4.69) is 18.7 Å². The molecule has 5 heteroatoms. The standard InChI is InChI=1S/C14H25NO4/c1-3-14(2)9-11(4-6-19-14)15-5-7-18-12(10-15)8-13(16)17/h11-12H,3-10H2,1-2H3,(H,16,17). The van der Waals surface area contributed by atoms with Crippen LogP contribution < -0.4 is 0 Å². The number of aliphatic carboxylic acids is 1. The summed E-state index contributed by atoms with van der Waals surface area (Å²) in [5.41, 5.74) is -0.0243. The van der Waals surface area contributed by atoms with Crippen LogP contribution in [0.2, 0.25) is 0 Å². The summed E-state index contributed by atoms with van der Waals surface area (Å²) in [7, 11) is 0. The van der Waals surface area contributed by atoms with Crippen LogP contribution in [0.4, 0.5) is 0 Å². The lowest BCUT2D eigenvalue weighted by Crippen LogP contribution is -2.53. The number of morpholine rings is 1. The monoisotopic (exact) mass is 271 g/mol. The fourth-order valence-corrected chi connectivity index (χ4v) is 3.05. The maximum atomic E-state index is 10.8. The van der Waals surface area contributed by atoms with E-state index in [9.17, 15) is 4.79 Å². The van der Waals surface area contributed by atoms with Crippen LogP contribution >= 0.6 is 0 Å². The maximum absolute atomic E-state index is 10.8. The molecular formula is C14H25NO4. The van der Waals surface area contributed by atoms with Crippen LogP contribution in [0, 0.1) is 0 Å². The van der Waals surface area contributed by atoms with Gasteiger partial charge in [0, 0.05) is 25.7 Å². The third-order valence-electron chi connectivity index (χ3n) is 4.41. The molecule has 2 saturated heterocycles. The third-order valence-corrected chi connectivity index (χ3v) is 4.41. The van der Waals surface area contributed by atoms with Crippen molar-refractivity contribution in [2.75, 3.05) is 26.3 Å². The molecule has 2 aliphatic rings. The quantitative estimate of drug-likeness (QED) is 0.840. The highest BCUT2D eigenvalue weighted by Gasteiger charge is 2.36. The van der Waals surface area contributed by atoms with Crippen molar-refractivity contribution < 1.29 is 19.4 Å². The minimum absolute atomic E-state index is 0.0243. The second kappa shape index (κ2) is 6.20. The minimum atomic E-state index is -0.780. The summed E-state index contributed by atoms with van der Waals surface area (Å²) in [5.74, 6) is -0.780. The van der Waals surface area contributed by atoms with Crippen LogP contribution in [0.15, 0.2) is 0 Å². The van der Waals surface area contributed by atoms with Gasteiger partial charge in [-0.2, -0.15) is 0 Å². The summed E-state index contributed by atoms with van der Waals surface area (Å²) in [6.45, 7) is 7.41. The van der Waals surface area contributed by atoms with Crippen LogP contribution in [0.25, 0.3) is 0 Å². The van der Waals surface area contributed by atoms with Gasteiger partial charge in [-0.15, -0.1) is 0 Å². The van der Waals surface area contributed by atoms with E-state index in [4.69, 9.17) is 14.6 Å². The number of carboxylic acid groups (broad SMARTS) is 1. The summed E-state index contributed by atoms with van der Waals surface area (Å²) < 4.78 is 11.4. The van der Waals surface area contributed by atoms with Crippen molar-refractivity contribution >= 4 is 5.97 Å². The van der Waals surface area contributed by atoms with Crippen LogP contribution in [-0.2, 0) is 14.3 Å². The van der Waals surface area contributed by atoms with Gasteiger partial charge in [0.25, 0.3) is 0 Å². The largest absolute Gasteiger partial charge is 0.481 e. The minimum Gasteiger partial charge on any atom is -0.481 e. The predicted molar refractivity (Wildman–Crippen MR) is 71.2 cm³/mol. The van der Waals surface area contributed by atoms with E-state index < -0.39 is 5.97 Å². The van der Waals surface area contributed by atoms with Gasteiger partial charge in [0.1, 0.15) is 0 Å². The number of carboxylic acids is 1. The SMILES string of the molecule is CCC1(C)CC(N2CCOC(CC(=O)O)C2)CCO1. The highest BCUT2D eigenvalue weighted by atomic mass is 16.5. The van der Waals surface area contributed by atoms with Crippen molar-refractivity contribution in [2.45, 2.75) is 57.3 Å². The van der Waals surface area contributed by atoms with E-state index in [1.54, 1.807) is 0 Å². The summed E-state index contributed by atoms with van der Waals surface area (Å²) in [6, 6.07) is 0.499. The summed E-state index contributed by atoms with van der Waals surface area (Å²) in [6.07, 6.45) is 3.03.